The van der Waals surface area contributed by atoms with Gasteiger partial charge >= 0.3 is 0 Å². The van der Waals surface area contributed by atoms with Gasteiger partial charge in [0.05, 0.1) is 18.2 Å². The van der Waals surface area contributed by atoms with E-state index in [0.29, 0.717) is 23.6 Å². The van der Waals surface area contributed by atoms with Gasteiger partial charge in [-0.25, -0.2) is 4.39 Å². The van der Waals surface area contributed by atoms with Gasteiger partial charge in [0, 0.05) is 13.7 Å². The van der Waals surface area contributed by atoms with E-state index in [2.05, 4.69) is 5.16 Å². The van der Waals surface area contributed by atoms with E-state index in [4.69, 9.17) is 9.26 Å². The van der Waals surface area contributed by atoms with Gasteiger partial charge in [0.25, 0.3) is 5.91 Å². The monoisotopic (exact) mass is 332 g/mol. The van der Waals surface area contributed by atoms with Gasteiger partial charge < -0.3 is 14.2 Å². The van der Waals surface area contributed by atoms with Crippen molar-refractivity contribution < 1.29 is 18.4 Å². The van der Waals surface area contributed by atoms with Gasteiger partial charge in [-0.1, -0.05) is 17.3 Å². The topological polar surface area (TPSA) is 55.6 Å². The fourth-order valence-corrected chi connectivity index (χ4v) is 3.22. The molecule has 0 spiro atoms. The molecule has 1 aromatic heterocycles. The quantitative estimate of drug-likeness (QED) is 0.858. The molecule has 5 nitrogen and oxygen atoms in total. The molecule has 0 saturated carbocycles. The van der Waals surface area contributed by atoms with Gasteiger partial charge in [-0.05, 0) is 43.9 Å². The molecule has 6 heteroatoms. The zero-order valence-corrected chi connectivity index (χ0v) is 13.9. The summed E-state index contributed by atoms with van der Waals surface area (Å²) in [6.45, 7) is 2.70. The minimum atomic E-state index is -0.276. The number of hydrogen-bond acceptors (Lipinski definition) is 4. The largest absolute Gasteiger partial charge is 0.380 e. The van der Waals surface area contributed by atoms with Crippen LogP contribution in [0.2, 0.25) is 0 Å². The zero-order valence-electron chi connectivity index (χ0n) is 13.9. The van der Waals surface area contributed by atoms with Crippen LogP contribution in [0.4, 0.5) is 4.39 Å². The Morgan fingerprint density at radius 3 is 2.83 bits per heavy atom. The molecule has 1 aromatic carbocycles. The number of halogens is 1. The number of piperidine rings is 1. The fraction of sp³-hybridized carbons (Fsp3) is 0.444. The summed E-state index contributed by atoms with van der Waals surface area (Å²) in [5.41, 5.74) is 1.94. The predicted octanol–water partition coefficient (Wildman–Crippen LogP) is 3.64. The highest BCUT2D eigenvalue weighted by Crippen LogP contribution is 2.32. The molecule has 0 N–H and O–H groups in total. The van der Waals surface area contributed by atoms with Crippen LogP contribution in [-0.2, 0) is 11.3 Å². The summed E-state index contributed by atoms with van der Waals surface area (Å²) >= 11 is 0. The highest BCUT2D eigenvalue weighted by molar-refractivity contribution is 5.94. The van der Waals surface area contributed by atoms with Crippen LogP contribution in [-0.4, -0.2) is 29.6 Å². The summed E-state index contributed by atoms with van der Waals surface area (Å²) < 4.78 is 23.5. The average Bonchev–Trinajstić information content (AvgIpc) is 2.96. The van der Waals surface area contributed by atoms with E-state index in [-0.39, 0.29) is 24.4 Å². The highest BCUT2D eigenvalue weighted by Gasteiger charge is 2.32. The molecule has 0 aliphatic carbocycles. The molecule has 2 aromatic rings. The lowest BCUT2D eigenvalue weighted by atomic mass is 9.94. The molecule has 0 radical (unpaired) electrons. The van der Waals surface area contributed by atoms with Gasteiger partial charge in [-0.3, -0.25) is 4.79 Å². The Kier molecular flexibility index (Phi) is 4.94. The van der Waals surface area contributed by atoms with Gasteiger partial charge in [-0.2, -0.15) is 0 Å². The Balaban J connectivity index is 1.90. The van der Waals surface area contributed by atoms with Crippen LogP contribution in [0.25, 0.3) is 0 Å². The molecule has 1 aliphatic rings. The summed E-state index contributed by atoms with van der Waals surface area (Å²) in [5, 5.41) is 3.95. The van der Waals surface area contributed by atoms with E-state index >= 15 is 0 Å². The van der Waals surface area contributed by atoms with Crippen LogP contribution in [0, 0.1) is 12.7 Å². The SMILES string of the molecule is COCc1c(C(=O)N2CCCC[C@H]2c2ccc(F)cc2)noc1C. The number of carbonyl (C=O) groups is 1. The molecular formula is C18H21FN2O3. The van der Waals surface area contributed by atoms with Crippen LogP contribution in [0.15, 0.2) is 28.8 Å². The number of carbonyl (C=O) groups excluding carboxylic acids is 1. The van der Waals surface area contributed by atoms with Gasteiger partial charge in [0.2, 0.25) is 0 Å². The first-order chi connectivity index (χ1) is 11.6. The fourth-order valence-electron chi connectivity index (χ4n) is 3.22. The number of ether oxygens (including phenoxy) is 1. The van der Waals surface area contributed by atoms with Crippen molar-refractivity contribution in [3.05, 3.63) is 52.7 Å². The van der Waals surface area contributed by atoms with Crippen molar-refractivity contribution in [2.75, 3.05) is 13.7 Å². The Labute approximate surface area is 140 Å². The summed E-state index contributed by atoms with van der Waals surface area (Å²) in [6, 6.07) is 6.29. The van der Waals surface area contributed by atoms with Crippen molar-refractivity contribution in [3.63, 3.8) is 0 Å². The maximum absolute atomic E-state index is 13.2. The second-order valence-corrected chi connectivity index (χ2v) is 6.06. The van der Waals surface area contributed by atoms with E-state index in [1.54, 1.807) is 26.2 Å². The van der Waals surface area contributed by atoms with Crippen molar-refractivity contribution in [1.29, 1.82) is 0 Å². The molecule has 0 unspecified atom stereocenters. The molecule has 128 valence electrons. The molecule has 1 aliphatic heterocycles. The number of hydrogen-bond donors (Lipinski definition) is 0. The zero-order chi connectivity index (χ0) is 17.1. The summed E-state index contributed by atoms with van der Waals surface area (Å²) in [4.78, 5) is 14.8. The second kappa shape index (κ2) is 7.13. The Hall–Kier alpha value is -2.21. The number of methoxy groups -OCH3 is 1. The smallest absolute Gasteiger partial charge is 0.276 e. The number of benzene rings is 1. The number of likely N-dealkylation sites (tertiary alicyclic amines) is 1. The third-order valence-electron chi connectivity index (χ3n) is 4.49. The van der Waals surface area contributed by atoms with Crippen molar-refractivity contribution in [3.8, 4) is 0 Å². The van der Waals surface area contributed by atoms with Gasteiger partial charge in [0.15, 0.2) is 5.69 Å². The Morgan fingerprint density at radius 1 is 1.38 bits per heavy atom. The van der Waals surface area contributed by atoms with Crippen LogP contribution in [0.3, 0.4) is 0 Å². The molecule has 1 fully saturated rings. The van der Waals surface area contributed by atoms with Crippen molar-refractivity contribution in [1.82, 2.24) is 10.1 Å². The second-order valence-electron chi connectivity index (χ2n) is 6.06. The van der Waals surface area contributed by atoms with Crippen LogP contribution >= 0.6 is 0 Å². The molecule has 1 saturated heterocycles. The number of amides is 1. The average molecular weight is 332 g/mol. The number of nitrogens with zero attached hydrogens (tertiary/aromatic N) is 2. The van der Waals surface area contributed by atoms with Gasteiger partial charge in [0.1, 0.15) is 11.6 Å². The first kappa shape index (κ1) is 16.6. The van der Waals surface area contributed by atoms with Crippen molar-refractivity contribution >= 4 is 5.91 Å². The number of aryl methyl sites for hydroxylation is 1. The highest BCUT2D eigenvalue weighted by atomic mass is 19.1. The first-order valence-corrected chi connectivity index (χ1v) is 8.12. The van der Waals surface area contributed by atoms with Gasteiger partial charge in [-0.15, -0.1) is 0 Å². The summed E-state index contributed by atoms with van der Waals surface area (Å²) in [7, 11) is 1.57. The molecule has 24 heavy (non-hydrogen) atoms. The molecule has 1 atom stereocenters. The summed E-state index contributed by atoms with van der Waals surface area (Å²) in [5.74, 6) is 0.158. The molecular weight excluding hydrogens is 311 g/mol. The molecule has 3 rings (SSSR count). The Morgan fingerprint density at radius 2 is 2.12 bits per heavy atom. The van der Waals surface area contributed by atoms with E-state index < -0.39 is 0 Å². The summed E-state index contributed by atoms with van der Waals surface area (Å²) in [6.07, 6.45) is 2.84. The van der Waals surface area contributed by atoms with E-state index in [0.717, 1.165) is 24.8 Å². The normalized spacial score (nSPS) is 18.0. The van der Waals surface area contributed by atoms with Crippen LogP contribution in [0.5, 0.6) is 0 Å². The molecule has 2 heterocycles. The molecule has 0 bridgehead atoms. The molecule has 1 amide bonds. The van der Waals surface area contributed by atoms with Crippen molar-refractivity contribution in [2.45, 2.75) is 38.8 Å². The lowest BCUT2D eigenvalue weighted by Crippen LogP contribution is -2.39. The van der Waals surface area contributed by atoms with E-state index in [9.17, 15) is 9.18 Å². The van der Waals surface area contributed by atoms with E-state index in [1.165, 1.54) is 12.1 Å². The first-order valence-electron chi connectivity index (χ1n) is 8.12. The third-order valence-corrected chi connectivity index (χ3v) is 4.49. The van der Waals surface area contributed by atoms with Crippen LogP contribution in [0.1, 0.15) is 52.7 Å². The van der Waals surface area contributed by atoms with Crippen LogP contribution < -0.4 is 0 Å². The van der Waals surface area contributed by atoms with Crippen molar-refractivity contribution in [2.24, 2.45) is 0 Å². The lowest BCUT2D eigenvalue weighted by Gasteiger charge is -2.35. The third kappa shape index (κ3) is 3.19. The minimum Gasteiger partial charge on any atom is -0.380 e. The predicted molar refractivity (Wildman–Crippen MR) is 86.0 cm³/mol. The number of rotatable bonds is 4. The Bertz CT molecular complexity index is 712. The standard InChI is InChI=1S/C18H21FN2O3/c1-12-15(11-23-2)17(20-24-12)18(22)21-10-4-3-5-16(21)13-6-8-14(19)9-7-13/h6-9,16H,3-5,10-11H2,1-2H3/t16-/m0/s1. The lowest BCUT2D eigenvalue weighted by molar-refractivity contribution is 0.0597. The maximum atomic E-state index is 13.2. The van der Waals surface area contributed by atoms with E-state index in [1.807, 2.05) is 4.90 Å². The maximum Gasteiger partial charge on any atom is 0.276 e. The number of aromatic nitrogens is 1. The minimum absolute atomic E-state index is 0.0701.